The molecular formula is C12H24. The summed E-state index contributed by atoms with van der Waals surface area (Å²) in [6, 6.07) is 0. The summed E-state index contributed by atoms with van der Waals surface area (Å²) < 4.78 is 0. The van der Waals surface area contributed by atoms with Crippen molar-refractivity contribution in [3.05, 3.63) is 12.2 Å². The standard InChI is InChI=1S/C12H24/c1-9(2)7-11(5)8-12(6)10(3)4/h9-11H,6-8H2,1-5H3. The minimum atomic E-state index is 0.652. The van der Waals surface area contributed by atoms with Gasteiger partial charge in [-0.05, 0) is 30.6 Å². The van der Waals surface area contributed by atoms with Gasteiger partial charge in [0.05, 0.1) is 0 Å². The summed E-state index contributed by atoms with van der Waals surface area (Å²) in [4.78, 5) is 0. The second-order valence-electron chi connectivity index (χ2n) is 4.75. The molecule has 1 atom stereocenters. The van der Waals surface area contributed by atoms with Crippen molar-refractivity contribution in [1.82, 2.24) is 0 Å². The maximum atomic E-state index is 4.10. The highest BCUT2D eigenvalue weighted by atomic mass is 14.1. The van der Waals surface area contributed by atoms with Gasteiger partial charge in [0.2, 0.25) is 0 Å². The minimum absolute atomic E-state index is 0.652. The second-order valence-corrected chi connectivity index (χ2v) is 4.75. The molecule has 0 aliphatic heterocycles. The molecule has 0 spiro atoms. The molecule has 12 heavy (non-hydrogen) atoms. The topological polar surface area (TPSA) is 0 Å². The first-order valence-electron chi connectivity index (χ1n) is 5.11. The number of allylic oxidation sites excluding steroid dienone is 1. The molecule has 0 aromatic carbocycles. The van der Waals surface area contributed by atoms with E-state index in [1.165, 1.54) is 18.4 Å². The Morgan fingerprint density at radius 3 is 1.92 bits per heavy atom. The molecule has 0 nitrogen and oxygen atoms in total. The van der Waals surface area contributed by atoms with Crippen molar-refractivity contribution in [1.29, 1.82) is 0 Å². The van der Waals surface area contributed by atoms with Crippen LogP contribution in [0.2, 0.25) is 0 Å². The molecule has 0 rings (SSSR count). The lowest BCUT2D eigenvalue weighted by Gasteiger charge is -2.17. The normalized spacial score (nSPS) is 13.9. The van der Waals surface area contributed by atoms with E-state index in [2.05, 4.69) is 41.2 Å². The van der Waals surface area contributed by atoms with Crippen molar-refractivity contribution in [3.8, 4) is 0 Å². The Morgan fingerprint density at radius 1 is 1.08 bits per heavy atom. The number of rotatable bonds is 5. The monoisotopic (exact) mass is 168 g/mol. The third-order valence-electron chi connectivity index (χ3n) is 2.30. The van der Waals surface area contributed by atoms with Crippen molar-refractivity contribution < 1.29 is 0 Å². The van der Waals surface area contributed by atoms with Crippen LogP contribution in [0.15, 0.2) is 12.2 Å². The van der Waals surface area contributed by atoms with Crippen LogP contribution in [0.3, 0.4) is 0 Å². The molecule has 0 aliphatic carbocycles. The Hall–Kier alpha value is -0.260. The lowest BCUT2D eigenvalue weighted by Crippen LogP contribution is -2.04. The Kier molecular flexibility index (Phi) is 5.28. The highest BCUT2D eigenvalue weighted by Gasteiger charge is 2.08. The van der Waals surface area contributed by atoms with Gasteiger partial charge in [-0.1, -0.05) is 46.8 Å². The van der Waals surface area contributed by atoms with Gasteiger partial charge in [-0.15, -0.1) is 0 Å². The van der Waals surface area contributed by atoms with Gasteiger partial charge in [0, 0.05) is 0 Å². The smallest absolute Gasteiger partial charge is 0.0263 e. The van der Waals surface area contributed by atoms with Crippen LogP contribution in [-0.4, -0.2) is 0 Å². The van der Waals surface area contributed by atoms with Gasteiger partial charge in [0.1, 0.15) is 0 Å². The summed E-state index contributed by atoms with van der Waals surface area (Å²) in [7, 11) is 0. The predicted molar refractivity (Wildman–Crippen MR) is 57.2 cm³/mol. The summed E-state index contributed by atoms with van der Waals surface area (Å²) in [5.41, 5.74) is 1.41. The predicted octanol–water partition coefficient (Wildman–Crippen LogP) is 4.27. The minimum Gasteiger partial charge on any atom is -0.0996 e. The van der Waals surface area contributed by atoms with E-state index in [-0.39, 0.29) is 0 Å². The highest BCUT2D eigenvalue weighted by molar-refractivity contribution is 4.98. The molecule has 0 aromatic rings. The zero-order valence-electron chi connectivity index (χ0n) is 9.35. The first-order chi connectivity index (χ1) is 5.43. The fourth-order valence-corrected chi connectivity index (χ4v) is 1.57. The van der Waals surface area contributed by atoms with E-state index in [1.807, 2.05) is 0 Å². The molecule has 0 saturated carbocycles. The quantitative estimate of drug-likeness (QED) is 0.538. The fourth-order valence-electron chi connectivity index (χ4n) is 1.57. The van der Waals surface area contributed by atoms with Crippen molar-refractivity contribution in [3.63, 3.8) is 0 Å². The SMILES string of the molecule is C=C(CC(C)CC(C)C)C(C)C. The van der Waals surface area contributed by atoms with Gasteiger partial charge in [-0.3, -0.25) is 0 Å². The maximum absolute atomic E-state index is 4.10. The Bertz CT molecular complexity index is 131. The van der Waals surface area contributed by atoms with E-state index in [4.69, 9.17) is 0 Å². The third-order valence-corrected chi connectivity index (χ3v) is 2.30. The molecule has 0 amide bonds. The van der Waals surface area contributed by atoms with Crippen molar-refractivity contribution in [2.45, 2.75) is 47.5 Å². The van der Waals surface area contributed by atoms with E-state index in [1.54, 1.807) is 0 Å². The van der Waals surface area contributed by atoms with Crippen LogP contribution in [0, 0.1) is 17.8 Å². The fraction of sp³-hybridized carbons (Fsp3) is 0.833. The molecule has 0 saturated heterocycles. The first-order valence-corrected chi connectivity index (χ1v) is 5.11. The van der Waals surface area contributed by atoms with Crippen LogP contribution >= 0.6 is 0 Å². The highest BCUT2D eigenvalue weighted by Crippen LogP contribution is 2.22. The van der Waals surface area contributed by atoms with E-state index >= 15 is 0 Å². The summed E-state index contributed by atoms with van der Waals surface area (Å²) in [6.45, 7) is 15.5. The molecule has 0 heteroatoms. The van der Waals surface area contributed by atoms with Gasteiger partial charge < -0.3 is 0 Å². The Labute approximate surface area is 78.1 Å². The molecule has 0 radical (unpaired) electrons. The molecular weight excluding hydrogens is 144 g/mol. The van der Waals surface area contributed by atoms with Crippen LogP contribution in [0.4, 0.5) is 0 Å². The van der Waals surface area contributed by atoms with Crippen LogP contribution < -0.4 is 0 Å². The lowest BCUT2D eigenvalue weighted by atomic mass is 9.89. The van der Waals surface area contributed by atoms with Gasteiger partial charge in [0.15, 0.2) is 0 Å². The first kappa shape index (κ1) is 11.7. The van der Waals surface area contributed by atoms with Crippen LogP contribution in [0.1, 0.15) is 47.5 Å². The van der Waals surface area contributed by atoms with Crippen molar-refractivity contribution in [2.24, 2.45) is 17.8 Å². The Morgan fingerprint density at radius 2 is 1.58 bits per heavy atom. The molecule has 0 aliphatic rings. The molecule has 0 heterocycles. The summed E-state index contributed by atoms with van der Waals surface area (Å²) in [5.74, 6) is 2.28. The van der Waals surface area contributed by atoms with Gasteiger partial charge in [-0.2, -0.15) is 0 Å². The zero-order valence-corrected chi connectivity index (χ0v) is 9.35. The maximum Gasteiger partial charge on any atom is -0.0263 e. The molecule has 1 unspecified atom stereocenters. The van der Waals surface area contributed by atoms with E-state index in [0.717, 1.165) is 11.8 Å². The lowest BCUT2D eigenvalue weighted by molar-refractivity contribution is 0.426. The van der Waals surface area contributed by atoms with Gasteiger partial charge >= 0.3 is 0 Å². The number of hydrogen-bond donors (Lipinski definition) is 0. The van der Waals surface area contributed by atoms with Crippen LogP contribution in [0.5, 0.6) is 0 Å². The largest absolute Gasteiger partial charge is 0.0996 e. The summed E-state index contributed by atoms with van der Waals surface area (Å²) in [6.07, 6.45) is 2.53. The van der Waals surface area contributed by atoms with Gasteiger partial charge in [-0.25, -0.2) is 0 Å². The van der Waals surface area contributed by atoms with Crippen molar-refractivity contribution >= 4 is 0 Å². The number of hydrogen-bond acceptors (Lipinski definition) is 0. The zero-order chi connectivity index (χ0) is 9.72. The summed E-state index contributed by atoms with van der Waals surface area (Å²) in [5, 5.41) is 0. The van der Waals surface area contributed by atoms with E-state index < -0.39 is 0 Å². The van der Waals surface area contributed by atoms with E-state index in [9.17, 15) is 0 Å². The summed E-state index contributed by atoms with van der Waals surface area (Å²) >= 11 is 0. The third kappa shape index (κ3) is 5.40. The Balaban J connectivity index is 3.69. The van der Waals surface area contributed by atoms with Gasteiger partial charge in [0.25, 0.3) is 0 Å². The van der Waals surface area contributed by atoms with Crippen LogP contribution in [0.25, 0.3) is 0 Å². The molecule has 0 N–H and O–H groups in total. The second kappa shape index (κ2) is 5.40. The average molecular weight is 168 g/mol. The molecule has 72 valence electrons. The van der Waals surface area contributed by atoms with Crippen molar-refractivity contribution in [2.75, 3.05) is 0 Å². The molecule has 0 fully saturated rings. The van der Waals surface area contributed by atoms with Crippen LogP contribution in [-0.2, 0) is 0 Å². The molecule has 0 bridgehead atoms. The molecule has 0 aromatic heterocycles. The average Bonchev–Trinajstić information content (AvgIpc) is 1.84. The van der Waals surface area contributed by atoms with E-state index in [0.29, 0.717) is 5.92 Å².